The van der Waals surface area contributed by atoms with Crippen LogP contribution in [0, 0.1) is 25.1 Å². The number of nitrogens with zero attached hydrogens (tertiary/aromatic N) is 3. The van der Waals surface area contributed by atoms with Gasteiger partial charge in [0, 0.05) is 32.1 Å². The fourth-order valence-corrected chi connectivity index (χ4v) is 13.8. The summed E-state index contributed by atoms with van der Waals surface area (Å²) in [6, 6.07) is 75.0. The Hall–Kier alpha value is -9.04. The fraction of sp³-hybridized carbons (Fsp3) is 0.0506. The van der Waals surface area contributed by atoms with E-state index in [0.29, 0.717) is 39.2 Å². The van der Waals surface area contributed by atoms with E-state index in [4.69, 9.17) is 16.4 Å². The van der Waals surface area contributed by atoms with Crippen molar-refractivity contribution in [3.63, 3.8) is 0 Å². The Labute approximate surface area is 543 Å². The minimum atomic E-state index is -2.19. The summed E-state index contributed by atoms with van der Waals surface area (Å²) in [5.41, 5.74) is 12.9. The van der Waals surface area contributed by atoms with Crippen molar-refractivity contribution in [1.82, 2.24) is 15.0 Å². The van der Waals surface area contributed by atoms with Gasteiger partial charge in [0.1, 0.15) is 0 Å². The van der Waals surface area contributed by atoms with E-state index < -0.39 is 21.0 Å². The van der Waals surface area contributed by atoms with Gasteiger partial charge in [-0.05, 0) is 117 Å². The predicted molar refractivity (Wildman–Crippen MR) is 366 cm³/mol. The maximum Gasteiger partial charge on any atom is 3.00 e. The standard InChI is InChI=1S/2C29H18NS.C21H22NSi.Ir/c2*1-3-8-20(9-4-1)22-14-15-24-25-12-7-13-26(29(25)31-28(24)19-22)27-18-23(16-17-30-27)21-10-5-2-6-11-21;1-16-10-11-18(14-20(16)17-8-6-5-7-9-17)21-13-12-19(15-22-21)23(2,3)4;/h2*1-12,14-19H;5-10,12-15H,1-4H3;/q3*-1;+3/i2D,5D,6D,10D,11D;2D,5D,10D,11D;1D3;. The van der Waals surface area contributed by atoms with Gasteiger partial charge in [-0.1, -0.05) is 243 Å². The van der Waals surface area contributed by atoms with Gasteiger partial charge in [-0.25, -0.2) is 0 Å². The van der Waals surface area contributed by atoms with Crippen LogP contribution in [0.2, 0.25) is 19.6 Å². The van der Waals surface area contributed by atoms with Crippen LogP contribution in [-0.2, 0) is 20.1 Å². The van der Waals surface area contributed by atoms with Crippen LogP contribution in [0.1, 0.15) is 22.0 Å². The number of hydrogen-bond donors (Lipinski definition) is 0. The number of benzene rings is 10. The molecular formula is C79H58IrN3S2Si. The second-order valence-electron chi connectivity index (χ2n) is 21.2. The first kappa shape index (κ1) is 44.4. The molecular weight excluding hydrogens is 1280 g/mol. The molecule has 0 spiro atoms. The number of thiophene rings is 2. The van der Waals surface area contributed by atoms with E-state index in [1.807, 2.05) is 103 Å². The van der Waals surface area contributed by atoms with Crippen molar-refractivity contribution in [3.05, 3.63) is 303 Å². The summed E-state index contributed by atoms with van der Waals surface area (Å²) >= 11 is 3.38. The maximum absolute atomic E-state index is 8.34. The summed E-state index contributed by atoms with van der Waals surface area (Å²) in [4.78, 5) is 13.8. The molecule has 414 valence electrons. The van der Waals surface area contributed by atoms with Crippen molar-refractivity contribution in [2.45, 2.75) is 26.5 Å². The molecule has 0 aliphatic rings. The molecule has 0 aliphatic carbocycles. The van der Waals surface area contributed by atoms with Gasteiger partial charge >= 0.3 is 20.1 Å². The molecule has 0 aliphatic heterocycles. The number of aromatic nitrogens is 3. The molecule has 5 heterocycles. The SMILES string of the molecule is [2H]C([2H])([2H])c1c[c-]c(-c2ccc([Si](C)(C)C)cn2)cc1-c1ccccc1.[2H]c1c([2H])c([2H])c(-c2ccnc(-c3[c-]ccc4c3sc3cc(-c5ccccc5)ccc34)c2)c([2H])c1[2H].[2H]c1cc([2H])c(-c2ccnc(-c3[c-]ccc4c3sc3cc(-c5ccccc5)ccc34)c2)c([2H])c1[2H].[Ir+3]. The van der Waals surface area contributed by atoms with Crippen molar-refractivity contribution in [2.75, 3.05) is 0 Å². The zero-order chi connectivity index (χ0) is 68.0. The topological polar surface area (TPSA) is 38.7 Å². The van der Waals surface area contributed by atoms with Gasteiger partial charge < -0.3 is 15.0 Å². The van der Waals surface area contributed by atoms with E-state index in [9.17, 15) is 0 Å². The van der Waals surface area contributed by atoms with Gasteiger partial charge in [0.25, 0.3) is 0 Å². The van der Waals surface area contributed by atoms with Crippen molar-refractivity contribution in [3.8, 4) is 89.4 Å². The molecule has 5 aromatic heterocycles. The van der Waals surface area contributed by atoms with Crippen molar-refractivity contribution >= 4 is 76.3 Å². The summed E-state index contributed by atoms with van der Waals surface area (Å²) in [6.07, 6.45) is 5.21. The zero-order valence-corrected chi connectivity index (χ0v) is 51.9. The third-order valence-corrected chi connectivity index (χ3v) is 19.1. The molecule has 0 N–H and O–H groups in total. The molecule has 10 aromatic carbocycles. The first-order valence-electron chi connectivity index (χ1n) is 33.6. The molecule has 15 aromatic rings. The van der Waals surface area contributed by atoms with Crippen LogP contribution >= 0.6 is 22.7 Å². The third-order valence-electron chi connectivity index (χ3n) is 14.7. The van der Waals surface area contributed by atoms with E-state index in [0.717, 1.165) is 69.3 Å². The Morgan fingerprint density at radius 2 is 0.930 bits per heavy atom. The molecule has 86 heavy (non-hydrogen) atoms. The smallest absolute Gasteiger partial charge is 0.305 e. The Balaban J connectivity index is 0.000000141. The molecule has 0 saturated heterocycles. The summed E-state index contributed by atoms with van der Waals surface area (Å²) in [5, 5.41) is 5.89. The molecule has 0 fully saturated rings. The van der Waals surface area contributed by atoms with Gasteiger partial charge in [-0.15, -0.1) is 76.9 Å². The van der Waals surface area contributed by atoms with Crippen LogP contribution < -0.4 is 5.19 Å². The Bertz CT molecular complexity index is 5460. The predicted octanol–water partition coefficient (Wildman–Crippen LogP) is 21.6. The number of hydrogen-bond acceptors (Lipinski definition) is 5. The van der Waals surface area contributed by atoms with E-state index in [1.165, 1.54) is 32.5 Å². The minimum absolute atomic E-state index is 0. The van der Waals surface area contributed by atoms with Crippen LogP contribution in [0.5, 0.6) is 0 Å². The molecule has 0 saturated carbocycles. The van der Waals surface area contributed by atoms with Crippen LogP contribution in [0.4, 0.5) is 0 Å². The summed E-state index contributed by atoms with van der Waals surface area (Å²) in [7, 11) is -1.40. The Morgan fingerprint density at radius 1 is 0.419 bits per heavy atom. The van der Waals surface area contributed by atoms with E-state index in [1.54, 1.807) is 59.3 Å². The number of aryl methyl sites for hydroxylation is 1. The Morgan fingerprint density at radius 3 is 1.44 bits per heavy atom. The minimum Gasteiger partial charge on any atom is -0.305 e. The van der Waals surface area contributed by atoms with Crippen molar-refractivity contribution < 1.29 is 36.6 Å². The number of fused-ring (bicyclic) bond motifs is 6. The second-order valence-corrected chi connectivity index (χ2v) is 28.4. The van der Waals surface area contributed by atoms with Crippen LogP contribution in [0.25, 0.3) is 130 Å². The van der Waals surface area contributed by atoms with Gasteiger partial charge in [0.05, 0.1) is 20.4 Å². The zero-order valence-electron chi connectivity index (χ0n) is 58.9. The molecule has 3 nitrogen and oxygen atoms in total. The maximum atomic E-state index is 8.34. The molecule has 0 unspecified atom stereocenters. The molecule has 0 amide bonds. The number of rotatable bonds is 9. The largest absolute Gasteiger partial charge is 3.00 e. The first-order chi connectivity index (χ1) is 46.6. The summed E-state index contributed by atoms with van der Waals surface area (Å²) in [5.74, 6) is 0. The fourth-order valence-electron chi connectivity index (χ4n) is 10.3. The summed E-state index contributed by atoms with van der Waals surface area (Å²) < 4.78 is 101. The van der Waals surface area contributed by atoms with Crippen LogP contribution in [-0.4, -0.2) is 23.0 Å². The average molecular weight is 1350 g/mol. The molecule has 0 radical (unpaired) electrons. The molecule has 7 heteroatoms. The monoisotopic (exact) mass is 1350 g/mol. The summed E-state index contributed by atoms with van der Waals surface area (Å²) in [6.45, 7) is 4.67. The Kier molecular flexibility index (Phi) is 13.3. The number of pyridine rings is 3. The first-order valence-corrected chi connectivity index (χ1v) is 32.8. The molecule has 15 rings (SSSR count). The van der Waals surface area contributed by atoms with Gasteiger partial charge in [0.15, 0.2) is 0 Å². The van der Waals surface area contributed by atoms with E-state index in [2.05, 4.69) is 132 Å². The van der Waals surface area contributed by atoms with E-state index >= 15 is 0 Å². The quantitative estimate of drug-likeness (QED) is 0.107. The molecule has 0 atom stereocenters. The third kappa shape index (κ3) is 12.4. The van der Waals surface area contributed by atoms with Crippen LogP contribution in [0.3, 0.4) is 0 Å². The van der Waals surface area contributed by atoms with Crippen molar-refractivity contribution in [2.24, 2.45) is 0 Å². The van der Waals surface area contributed by atoms with Gasteiger partial charge in [-0.3, -0.25) is 0 Å². The van der Waals surface area contributed by atoms with Crippen molar-refractivity contribution in [1.29, 1.82) is 0 Å². The van der Waals surface area contributed by atoms with Crippen LogP contribution in [0.15, 0.2) is 279 Å². The van der Waals surface area contributed by atoms with Gasteiger partial charge in [-0.2, -0.15) is 22.7 Å². The average Bonchev–Trinajstić information content (AvgIpc) is 1.67. The molecule has 0 bridgehead atoms. The normalized spacial score (nSPS) is 13.3. The van der Waals surface area contributed by atoms with Gasteiger partial charge in [0.2, 0.25) is 0 Å². The second kappa shape index (κ2) is 25.7. The van der Waals surface area contributed by atoms with E-state index in [-0.39, 0.29) is 74.0 Å².